The molecule has 1 heterocycles. The predicted molar refractivity (Wildman–Crippen MR) is 133 cm³/mol. The maximum absolute atomic E-state index is 14.4. The van der Waals surface area contributed by atoms with E-state index in [-0.39, 0.29) is 22.5 Å². The van der Waals surface area contributed by atoms with Crippen molar-refractivity contribution in [1.29, 1.82) is 0 Å². The van der Waals surface area contributed by atoms with Gasteiger partial charge in [0.1, 0.15) is 5.60 Å². The predicted octanol–water partition coefficient (Wildman–Crippen LogP) is 3.98. The monoisotopic (exact) mass is 545 g/mol. The molecule has 4 aliphatic rings. The highest BCUT2D eigenvalue weighted by Gasteiger charge is 2.90. The van der Waals surface area contributed by atoms with Crippen LogP contribution in [0, 0.1) is 16.7 Å². The Morgan fingerprint density at radius 2 is 1.66 bits per heavy atom. The van der Waals surface area contributed by atoms with Gasteiger partial charge in [0, 0.05) is 27.9 Å². The van der Waals surface area contributed by atoms with E-state index in [0.29, 0.717) is 18.4 Å². The molecule has 200 valence electrons. The smallest absolute Gasteiger partial charge is 0.448 e. The summed E-state index contributed by atoms with van der Waals surface area (Å²) in [6, 6.07) is 16.4. The van der Waals surface area contributed by atoms with Gasteiger partial charge in [-0.2, -0.15) is 13.2 Å². The van der Waals surface area contributed by atoms with Crippen LogP contribution in [0.25, 0.3) is 5.57 Å². The van der Waals surface area contributed by atoms with E-state index in [1.165, 1.54) is 0 Å². The van der Waals surface area contributed by atoms with E-state index in [1.807, 2.05) is 13.8 Å². The molecule has 2 aromatic rings. The van der Waals surface area contributed by atoms with E-state index < -0.39 is 62.9 Å². The number of alkyl halides is 3. The van der Waals surface area contributed by atoms with Crippen LogP contribution < -0.4 is 4.72 Å². The van der Waals surface area contributed by atoms with Gasteiger partial charge in [-0.15, -0.1) is 0 Å². The number of hydrogen-bond acceptors (Lipinski definition) is 5. The summed E-state index contributed by atoms with van der Waals surface area (Å²) in [5.41, 5.74) is -4.92. The average molecular weight is 546 g/mol. The fourth-order valence-electron chi connectivity index (χ4n) is 8.15. The molecule has 38 heavy (non-hydrogen) atoms. The van der Waals surface area contributed by atoms with Gasteiger partial charge in [0.25, 0.3) is 0 Å². The Balaban J connectivity index is 1.72. The lowest BCUT2D eigenvalue weighted by Gasteiger charge is -2.49. The fourth-order valence-corrected chi connectivity index (χ4v) is 10.2. The van der Waals surface area contributed by atoms with Gasteiger partial charge in [0.2, 0.25) is 0 Å². The van der Waals surface area contributed by atoms with Gasteiger partial charge >= 0.3 is 12.1 Å². The first-order chi connectivity index (χ1) is 17.8. The van der Waals surface area contributed by atoms with Gasteiger partial charge in [-0.05, 0) is 29.7 Å². The molecule has 0 radical (unpaired) electrons. The van der Waals surface area contributed by atoms with Crippen molar-refractivity contribution in [3.8, 4) is 0 Å². The van der Waals surface area contributed by atoms with Crippen LogP contribution in [-0.4, -0.2) is 50.2 Å². The molecule has 2 bridgehead atoms. The molecule has 6 atom stereocenters. The highest BCUT2D eigenvalue weighted by Crippen LogP contribution is 2.80. The van der Waals surface area contributed by atoms with Gasteiger partial charge in [0.15, 0.2) is 11.9 Å². The molecule has 2 N–H and O–H groups in total. The van der Waals surface area contributed by atoms with Crippen LogP contribution in [0.15, 0.2) is 66.2 Å². The Morgan fingerprint density at radius 1 is 1.05 bits per heavy atom. The molecule has 2 aromatic carbocycles. The largest absolute Gasteiger partial charge is 0.490 e. The zero-order valence-corrected chi connectivity index (χ0v) is 21.5. The highest BCUT2D eigenvalue weighted by molar-refractivity contribution is 7.83. The summed E-state index contributed by atoms with van der Waals surface area (Å²) in [5.74, 6) is -3.53. The van der Waals surface area contributed by atoms with Gasteiger partial charge in [-0.3, -0.25) is 4.79 Å². The summed E-state index contributed by atoms with van der Waals surface area (Å²) < 4.78 is 62.3. The summed E-state index contributed by atoms with van der Waals surface area (Å²) in [5, 5.41) is 12.8. The van der Waals surface area contributed by atoms with E-state index in [0.717, 1.165) is 0 Å². The van der Waals surface area contributed by atoms with Crippen molar-refractivity contribution in [1.82, 2.24) is 4.72 Å². The van der Waals surface area contributed by atoms with Crippen molar-refractivity contribution in [3.63, 3.8) is 0 Å². The second kappa shape index (κ2) is 7.86. The third kappa shape index (κ3) is 2.83. The van der Waals surface area contributed by atoms with Crippen LogP contribution in [0.4, 0.5) is 13.2 Å². The standard InChI is InChI=1S/C28H26F3NO5S/c1-24(2)18-13-14-25(24)15-38(36)32-27(25)20(21(33)17-11-7-4-8-12-17)19(16-9-5-3-6-10-16)22(26(18,27)35)37-23(34)28(29,30)31/h3-12,18,22,32,35H,13-15H2,1-2H3/t18-,22-,25-,26-,27-,38?/m0/s1. The first-order valence-electron chi connectivity index (χ1n) is 12.4. The highest BCUT2D eigenvalue weighted by atomic mass is 32.2. The topological polar surface area (TPSA) is 92.7 Å². The van der Waals surface area contributed by atoms with E-state index >= 15 is 0 Å². The number of Topliss-reactive ketones (excluding diaryl/α,β-unsaturated/α-hetero) is 1. The molecule has 3 fully saturated rings. The van der Waals surface area contributed by atoms with Crippen molar-refractivity contribution in [3.05, 3.63) is 77.4 Å². The lowest BCUT2D eigenvalue weighted by Crippen LogP contribution is -2.69. The summed E-state index contributed by atoms with van der Waals surface area (Å²) >= 11 is 0. The molecule has 6 rings (SSSR count). The Kier molecular flexibility index (Phi) is 5.27. The maximum atomic E-state index is 14.4. The third-order valence-electron chi connectivity index (χ3n) is 9.57. The Hall–Kier alpha value is -2.82. The lowest BCUT2D eigenvalue weighted by molar-refractivity contribution is -0.216. The van der Waals surface area contributed by atoms with Gasteiger partial charge in [-0.25, -0.2) is 13.7 Å². The third-order valence-corrected chi connectivity index (χ3v) is 10.9. The van der Waals surface area contributed by atoms with Crippen molar-refractivity contribution in [2.24, 2.45) is 16.7 Å². The quantitative estimate of drug-likeness (QED) is 0.448. The van der Waals surface area contributed by atoms with Gasteiger partial charge in [-0.1, -0.05) is 74.5 Å². The van der Waals surface area contributed by atoms with Gasteiger partial charge < -0.3 is 9.84 Å². The lowest BCUT2D eigenvalue weighted by atomic mass is 9.58. The van der Waals surface area contributed by atoms with Crippen molar-refractivity contribution < 1.29 is 36.8 Å². The molecule has 6 nitrogen and oxygen atoms in total. The molecule has 2 saturated carbocycles. The number of carbonyl (C=O) groups excluding carboxylic acids is 2. The number of fused-ring (bicyclic) bond motifs is 2. The molecule has 10 heteroatoms. The summed E-state index contributed by atoms with van der Waals surface area (Å²) in [6.45, 7) is 3.78. The molecule has 0 amide bonds. The number of hydrogen-bond donors (Lipinski definition) is 2. The van der Waals surface area contributed by atoms with E-state index in [2.05, 4.69) is 4.72 Å². The van der Waals surface area contributed by atoms with E-state index in [1.54, 1.807) is 60.7 Å². The fraction of sp³-hybridized carbons (Fsp3) is 0.429. The minimum Gasteiger partial charge on any atom is -0.448 e. The SMILES string of the molecule is CC1(C)[C@@H]2CC[C@]13CS(=O)N[C@@]31C(C(=O)c3ccccc3)=C(c3ccccc3)[C@H](OC(=O)C(F)(F)F)[C@@]21O. The number of ketones is 1. The van der Waals surface area contributed by atoms with Gasteiger partial charge in [0.05, 0.1) is 16.5 Å². The number of benzene rings is 2. The average Bonchev–Trinajstić information content (AvgIpc) is 3.45. The van der Waals surface area contributed by atoms with Crippen molar-refractivity contribution in [2.45, 2.75) is 50.1 Å². The molecule has 1 saturated heterocycles. The second-order valence-electron chi connectivity index (χ2n) is 11.2. The van der Waals surface area contributed by atoms with E-state index in [9.17, 15) is 32.1 Å². The molecule has 1 aliphatic heterocycles. The number of aliphatic hydroxyl groups is 1. The molecular weight excluding hydrogens is 519 g/mol. The number of halogens is 3. The van der Waals surface area contributed by atoms with Crippen LogP contribution in [0.3, 0.4) is 0 Å². The van der Waals surface area contributed by atoms with E-state index in [4.69, 9.17) is 4.74 Å². The molecule has 1 unspecified atom stereocenters. The number of nitrogens with one attached hydrogen (secondary N) is 1. The molecular formula is C28H26F3NO5S. The summed E-state index contributed by atoms with van der Waals surface area (Å²) in [4.78, 5) is 26.7. The molecule has 2 spiro atoms. The van der Waals surface area contributed by atoms with Crippen molar-refractivity contribution in [2.75, 3.05) is 5.75 Å². The maximum Gasteiger partial charge on any atom is 0.490 e. The Morgan fingerprint density at radius 3 is 2.26 bits per heavy atom. The second-order valence-corrected chi connectivity index (χ2v) is 12.4. The first kappa shape index (κ1) is 25.5. The molecule has 0 aromatic heterocycles. The van der Waals surface area contributed by atoms with Crippen LogP contribution in [0.2, 0.25) is 0 Å². The van der Waals surface area contributed by atoms with Crippen LogP contribution in [0.1, 0.15) is 42.6 Å². The number of rotatable bonds is 4. The number of esters is 1. The minimum atomic E-state index is -5.33. The Bertz CT molecular complexity index is 1410. The van der Waals surface area contributed by atoms with Crippen molar-refractivity contribution >= 4 is 28.3 Å². The zero-order valence-electron chi connectivity index (χ0n) is 20.7. The number of ether oxygens (including phenoxy) is 1. The zero-order chi connectivity index (χ0) is 27.3. The summed E-state index contributed by atoms with van der Waals surface area (Å²) in [6.07, 6.45) is -6.23. The Labute approximate surface area is 219 Å². The minimum absolute atomic E-state index is 0.0118. The van der Waals surface area contributed by atoms with Crippen LogP contribution >= 0.6 is 0 Å². The van der Waals surface area contributed by atoms with Crippen LogP contribution in [0.5, 0.6) is 0 Å². The van der Waals surface area contributed by atoms with Crippen LogP contribution in [-0.2, 0) is 20.5 Å². The summed E-state index contributed by atoms with van der Waals surface area (Å²) in [7, 11) is -1.71. The number of carbonyl (C=O) groups is 2. The first-order valence-corrected chi connectivity index (χ1v) is 13.7. The normalized spacial score (nSPS) is 36.7. The molecule has 3 aliphatic carbocycles.